The van der Waals surface area contributed by atoms with Crippen molar-refractivity contribution in [3.8, 4) is 11.5 Å². The van der Waals surface area contributed by atoms with Crippen molar-refractivity contribution >= 4 is 15.9 Å². The second kappa shape index (κ2) is 9.62. The van der Waals surface area contributed by atoms with E-state index in [1.165, 1.54) is 17.7 Å². The van der Waals surface area contributed by atoms with Crippen LogP contribution < -0.4 is 14.8 Å². The number of benzene rings is 1. The minimum Gasteiger partial charge on any atom is -0.493 e. The molecule has 0 atom stereocenters. The molecule has 8 heteroatoms. The van der Waals surface area contributed by atoms with Crippen molar-refractivity contribution in [3.05, 3.63) is 23.8 Å². The number of amides is 1. The van der Waals surface area contributed by atoms with Gasteiger partial charge in [-0.05, 0) is 23.6 Å². The van der Waals surface area contributed by atoms with Gasteiger partial charge in [-0.1, -0.05) is 19.9 Å². The van der Waals surface area contributed by atoms with Crippen molar-refractivity contribution in [2.45, 2.75) is 20.3 Å². The molecule has 7 nitrogen and oxygen atoms in total. The third-order valence-electron chi connectivity index (χ3n) is 3.53. The summed E-state index contributed by atoms with van der Waals surface area (Å²) in [6.07, 6.45) is 1.37. The molecule has 0 radical (unpaired) electrons. The zero-order valence-corrected chi connectivity index (χ0v) is 16.4. The normalized spacial score (nSPS) is 11.6. The van der Waals surface area contributed by atoms with Gasteiger partial charge in [0.25, 0.3) is 0 Å². The van der Waals surface area contributed by atoms with E-state index in [0.717, 1.165) is 5.56 Å². The number of hydrogen-bond donors (Lipinski definition) is 1. The summed E-state index contributed by atoms with van der Waals surface area (Å²) in [4.78, 5) is 12.1. The topological polar surface area (TPSA) is 84.9 Å². The molecular formula is C17H28N2O5S. The maximum atomic E-state index is 12.1. The molecule has 0 heterocycles. The number of ether oxygens (including phenoxy) is 2. The van der Waals surface area contributed by atoms with E-state index in [-0.39, 0.29) is 31.3 Å². The summed E-state index contributed by atoms with van der Waals surface area (Å²) >= 11 is 0. The standard InChI is InChI=1S/C17H28N2O5S/c1-13(2)12-19(25(5,21)22)9-8-18-17(20)11-14-6-7-15(23-3)16(10-14)24-4/h6-7,10,13H,8-9,11-12H2,1-5H3,(H,18,20). The fourth-order valence-electron chi connectivity index (χ4n) is 2.36. The van der Waals surface area contributed by atoms with E-state index in [0.29, 0.717) is 18.0 Å². The van der Waals surface area contributed by atoms with Gasteiger partial charge in [-0.25, -0.2) is 12.7 Å². The lowest BCUT2D eigenvalue weighted by atomic mass is 10.1. The highest BCUT2D eigenvalue weighted by Gasteiger charge is 2.17. The minimum atomic E-state index is -3.28. The first-order chi connectivity index (χ1) is 11.7. The number of nitrogens with zero attached hydrogens (tertiary/aromatic N) is 1. The van der Waals surface area contributed by atoms with Gasteiger partial charge in [-0.15, -0.1) is 0 Å². The molecule has 0 saturated heterocycles. The summed E-state index contributed by atoms with van der Waals surface area (Å²) in [6, 6.07) is 5.29. The summed E-state index contributed by atoms with van der Waals surface area (Å²) in [5.74, 6) is 1.21. The Bertz CT molecular complexity index is 674. The van der Waals surface area contributed by atoms with Crippen LogP contribution in [0.1, 0.15) is 19.4 Å². The van der Waals surface area contributed by atoms with Crippen LogP contribution in [0.3, 0.4) is 0 Å². The van der Waals surface area contributed by atoms with E-state index in [2.05, 4.69) is 5.32 Å². The highest BCUT2D eigenvalue weighted by atomic mass is 32.2. The Morgan fingerprint density at radius 2 is 1.84 bits per heavy atom. The fourth-order valence-corrected chi connectivity index (χ4v) is 3.35. The van der Waals surface area contributed by atoms with E-state index in [1.807, 2.05) is 13.8 Å². The predicted octanol–water partition coefficient (Wildman–Crippen LogP) is 1.28. The smallest absolute Gasteiger partial charge is 0.224 e. The Labute approximate surface area is 150 Å². The molecule has 0 aliphatic carbocycles. The summed E-state index contributed by atoms with van der Waals surface area (Å²) in [6.45, 7) is 4.87. The van der Waals surface area contributed by atoms with Crippen LogP contribution in [0.5, 0.6) is 11.5 Å². The SMILES string of the molecule is COc1ccc(CC(=O)NCCN(CC(C)C)S(C)(=O)=O)cc1OC. The minimum absolute atomic E-state index is 0.176. The molecule has 0 aliphatic rings. The Morgan fingerprint density at radius 1 is 1.20 bits per heavy atom. The maximum Gasteiger partial charge on any atom is 0.224 e. The van der Waals surface area contributed by atoms with Crippen LogP contribution in [0.2, 0.25) is 0 Å². The molecule has 1 N–H and O–H groups in total. The zero-order chi connectivity index (χ0) is 19.0. The lowest BCUT2D eigenvalue weighted by Crippen LogP contribution is -2.40. The van der Waals surface area contributed by atoms with Crippen LogP contribution in [0.15, 0.2) is 18.2 Å². The molecule has 0 unspecified atom stereocenters. The van der Waals surface area contributed by atoms with Crippen LogP contribution in [-0.2, 0) is 21.2 Å². The molecule has 0 saturated carbocycles. The molecule has 1 amide bonds. The number of rotatable bonds is 10. The van der Waals surface area contributed by atoms with Gasteiger partial charge >= 0.3 is 0 Å². The number of methoxy groups -OCH3 is 2. The average Bonchev–Trinajstić information content (AvgIpc) is 2.52. The average molecular weight is 372 g/mol. The van der Waals surface area contributed by atoms with E-state index < -0.39 is 10.0 Å². The Hall–Kier alpha value is -1.80. The van der Waals surface area contributed by atoms with Gasteiger partial charge in [0.2, 0.25) is 15.9 Å². The summed E-state index contributed by atoms with van der Waals surface area (Å²) in [7, 11) is -0.193. The van der Waals surface area contributed by atoms with Gasteiger partial charge in [0, 0.05) is 19.6 Å². The number of hydrogen-bond acceptors (Lipinski definition) is 5. The highest BCUT2D eigenvalue weighted by Crippen LogP contribution is 2.27. The van der Waals surface area contributed by atoms with Crippen LogP contribution in [0, 0.1) is 5.92 Å². The number of sulfonamides is 1. The van der Waals surface area contributed by atoms with Gasteiger partial charge in [-0.3, -0.25) is 4.79 Å². The van der Waals surface area contributed by atoms with Crippen molar-refractivity contribution in [3.63, 3.8) is 0 Å². The first-order valence-electron chi connectivity index (χ1n) is 8.10. The molecule has 142 valence electrons. The van der Waals surface area contributed by atoms with Gasteiger partial charge < -0.3 is 14.8 Å². The van der Waals surface area contributed by atoms with Gasteiger partial charge in [0.1, 0.15) is 0 Å². The van der Waals surface area contributed by atoms with Crippen molar-refractivity contribution in [1.82, 2.24) is 9.62 Å². The first-order valence-corrected chi connectivity index (χ1v) is 9.95. The molecule has 0 aromatic heterocycles. The van der Waals surface area contributed by atoms with E-state index in [9.17, 15) is 13.2 Å². The lowest BCUT2D eigenvalue weighted by Gasteiger charge is -2.22. The second-order valence-electron chi connectivity index (χ2n) is 6.23. The summed E-state index contributed by atoms with van der Waals surface area (Å²) in [5, 5.41) is 2.76. The van der Waals surface area contributed by atoms with Crippen molar-refractivity contribution < 1.29 is 22.7 Å². The third-order valence-corrected chi connectivity index (χ3v) is 4.80. The molecule has 0 aliphatic heterocycles. The number of nitrogens with one attached hydrogen (secondary N) is 1. The van der Waals surface area contributed by atoms with Crippen LogP contribution >= 0.6 is 0 Å². The molecule has 1 rings (SSSR count). The van der Waals surface area contributed by atoms with Crippen molar-refractivity contribution in [1.29, 1.82) is 0 Å². The molecular weight excluding hydrogens is 344 g/mol. The predicted molar refractivity (Wildman–Crippen MR) is 97.5 cm³/mol. The highest BCUT2D eigenvalue weighted by molar-refractivity contribution is 7.88. The molecule has 0 spiro atoms. The largest absolute Gasteiger partial charge is 0.493 e. The number of carbonyl (C=O) groups is 1. The molecule has 25 heavy (non-hydrogen) atoms. The Balaban J connectivity index is 2.57. The molecule has 0 bridgehead atoms. The van der Waals surface area contributed by atoms with Gasteiger partial charge in [0.15, 0.2) is 11.5 Å². The maximum absolute atomic E-state index is 12.1. The zero-order valence-electron chi connectivity index (χ0n) is 15.5. The number of carbonyl (C=O) groups excluding carboxylic acids is 1. The van der Waals surface area contributed by atoms with Crippen LogP contribution in [0.25, 0.3) is 0 Å². The molecule has 1 aromatic carbocycles. The first kappa shape index (κ1) is 21.2. The van der Waals surface area contributed by atoms with Crippen LogP contribution in [-0.4, -0.2) is 58.7 Å². The Morgan fingerprint density at radius 3 is 2.36 bits per heavy atom. The van der Waals surface area contributed by atoms with Crippen molar-refractivity contribution in [2.75, 3.05) is 40.1 Å². The second-order valence-corrected chi connectivity index (χ2v) is 8.21. The lowest BCUT2D eigenvalue weighted by molar-refractivity contribution is -0.120. The third kappa shape index (κ3) is 7.31. The molecule has 1 aromatic rings. The van der Waals surface area contributed by atoms with Gasteiger partial charge in [-0.2, -0.15) is 0 Å². The van der Waals surface area contributed by atoms with E-state index in [4.69, 9.17) is 9.47 Å². The quantitative estimate of drug-likeness (QED) is 0.669. The Kier molecular flexibility index (Phi) is 8.18. The van der Waals surface area contributed by atoms with Crippen LogP contribution in [0.4, 0.5) is 0 Å². The molecule has 0 fully saturated rings. The van der Waals surface area contributed by atoms with E-state index in [1.54, 1.807) is 25.3 Å². The van der Waals surface area contributed by atoms with E-state index >= 15 is 0 Å². The van der Waals surface area contributed by atoms with Gasteiger partial charge in [0.05, 0.1) is 26.9 Å². The fraction of sp³-hybridized carbons (Fsp3) is 0.588. The van der Waals surface area contributed by atoms with Crippen molar-refractivity contribution in [2.24, 2.45) is 5.92 Å². The summed E-state index contributed by atoms with van der Waals surface area (Å²) < 4.78 is 35.3. The monoisotopic (exact) mass is 372 g/mol. The summed E-state index contributed by atoms with van der Waals surface area (Å²) in [5.41, 5.74) is 0.789.